The summed E-state index contributed by atoms with van der Waals surface area (Å²) in [5, 5.41) is 7.39. The molecule has 1 heterocycles. The van der Waals surface area contributed by atoms with Crippen LogP contribution in [0.4, 0.5) is 5.69 Å². The zero-order chi connectivity index (χ0) is 21.6. The third-order valence-electron chi connectivity index (χ3n) is 4.84. The van der Waals surface area contributed by atoms with E-state index in [0.717, 1.165) is 29.2 Å². The molecule has 158 valence electrons. The molecule has 0 atom stereocenters. The predicted molar refractivity (Wildman–Crippen MR) is 114 cm³/mol. The minimum Gasteiger partial charge on any atom is -0.497 e. The van der Waals surface area contributed by atoms with Crippen molar-refractivity contribution in [2.45, 2.75) is 47.1 Å². The highest BCUT2D eigenvalue weighted by atomic mass is 16.5. The summed E-state index contributed by atoms with van der Waals surface area (Å²) in [4.78, 5) is 26.2. The van der Waals surface area contributed by atoms with Gasteiger partial charge in [0.1, 0.15) is 5.75 Å². The van der Waals surface area contributed by atoms with Crippen LogP contribution in [0.3, 0.4) is 0 Å². The van der Waals surface area contributed by atoms with Crippen LogP contribution in [0.2, 0.25) is 0 Å². The standard InChI is InChI=1S/C22H32N4O3/c1-15(2)13-26-17(4)20(16(3)24-26)11-12-22(28)25(5)14-21(27)23-18-7-9-19(29-6)10-8-18/h7-10,15H,11-14H2,1-6H3,(H,23,27). The van der Waals surface area contributed by atoms with Gasteiger partial charge in [0.15, 0.2) is 0 Å². The molecule has 29 heavy (non-hydrogen) atoms. The second kappa shape index (κ2) is 10.1. The molecule has 0 bridgehead atoms. The van der Waals surface area contributed by atoms with Crippen LogP contribution in [-0.2, 0) is 22.6 Å². The fourth-order valence-electron chi connectivity index (χ4n) is 3.22. The van der Waals surface area contributed by atoms with Crippen LogP contribution >= 0.6 is 0 Å². The monoisotopic (exact) mass is 400 g/mol. The Labute approximate surface area is 173 Å². The van der Waals surface area contributed by atoms with Gasteiger partial charge in [0, 0.05) is 31.4 Å². The number of hydrogen-bond donors (Lipinski definition) is 1. The highest BCUT2D eigenvalue weighted by molar-refractivity contribution is 5.94. The van der Waals surface area contributed by atoms with Crippen LogP contribution in [0, 0.1) is 19.8 Å². The van der Waals surface area contributed by atoms with Crippen molar-refractivity contribution in [3.63, 3.8) is 0 Å². The van der Waals surface area contributed by atoms with Crippen molar-refractivity contribution in [3.05, 3.63) is 41.2 Å². The van der Waals surface area contributed by atoms with E-state index in [1.165, 1.54) is 4.90 Å². The minimum atomic E-state index is -0.233. The molecule has 0 aliphatic rings. The van der Waals surface area contributed by atoms with Crippen molar-refractivity contribution in [1.82, 2.24) is 14.7 Å². The van der Waals surface area contributed by atoms with Crippen LogP contribution in [0.1, 0.15) is 37.2 Å². The van der Waals surface area contributed by atoms with Gasteiger partial charge in [-0.25, -0.2) is 0 Å². The van der Waals surface area contributed by atoms with Crippen LogP contribution in [0.25, 0.3) is 0 Å². The number of amides is 2. The molecular formula is C22H32N4O3. The summed E-state index contributed by atoms with van der Waals surface area (Å²) in [5.41, 5.74) is 3.87. The number of aryl methyl sites for hydroxylation is 1. The van der Waals surface area contributed by atoms with E-state index in [1.807, 2.05) is 18.5 Å². The molecule has 2 amide bonds. The highest BCUT2D eigenvalue weighted by Crippen LogP contribution is 2.17. The number of nitrogens with zero attached hydrogens (tertiary/aromatic N) is 3. The van der Waals surface area contributed by atoms with Gasteiger partial charge < -0.3 is 15.0 Å². The SMILES string of the molecule is COc1ccc(NC(=O)CN(C)C(=O)CCc2c(C)nn(CC(C)C)c2C)cc1. The molecule has 2 aromatic rings. The zero-order valence-electron chi connectivity index (χ0n) is 18.3. The zero-order valence-corrected chi connectivity index (χ0v) is 18.3. The van der Waals surface area contributed by atoms with Gasteiger partial charge in [-0.2, -0.15) is 5.10 Å². The second-order valence-electron chi connectivity index (χ2n) is 7.75. The first-order chi connectivity index (χ1) is 13.7. The van der Waals surface area contributed by atoms with Gasteiger partial charge in [-0.15, -0.1) is 0 Å². The van der Waals surface area contributed by atoms with Crippen molar-refractivity contribution >= 4 is 17.5 Å². The summed E-state index contributed by atoms with van der Waals surface area (Å²) < 4.78 is 7.12. The maximum atomic E-state index is 12.5. The molecule has 1 aromatic carbocycles. The Bertz CT molecular complexity index is 840. The molecule has 7 heteroatoms. The molecule has 0 aliphatic carbocycles. The Kier molecular flexibility index (Phi) is 7.82. The van der Waals surface area contributed by atoms with Crippen molar-refractivity contribution in [2.24, 2.45) is 5.92 Å². The van der Waals surface area contributed by atoms with Crippen LogP contribution < -0.4 is 10.1 Å². The number of methoxy groups -OCH3 is 1. The quantitative estimate of drug-likeness (QED) is 0.701. The lowest BCUT2D eigenvalue weighted by molar-refractivity contribution is -0.133. The molecule has 1 N–H and O–H groups in total. The third kappa shape index (κ3) is 6.34. The van der Waals surface area contributed by atoms with E-state index in [4.69, 9.17) is 4.74 Å². The first-order valence-corrected chi connectivity index (χ1v) is 9.92. The summed E-state index contributed by atoms with van der Waals surface area (Å²) >= 11 is 0. The lowest BCUT2D eigenvalue weighted by Gasteiger charge is -2.17. The normalized spacial score (nSPS) is 10.9. The van der Waals surface area contributed by atoms with Gasteiger partial charge in [0.2, 0.25) is 11.8 Å². The molecular weight excluding hydrogens is 368 g/mol. The van der Waals surface area contributed by atoms with E-state index in [0.29, 0.717) is 24.4 Å². The lowest BCUT2D eigenvalue weighted by Crippen LogP contribution is -2.35. The van der Waals surface area contributed by atoms with E-state index in [2.05, 4.69) is 24.3 Å². The summed E-state index contributed by atoms with van der Waals surface area (Å²) in [7, 11) is 3.24. The molecule has 0 saturated carbocycles. The molecule has 7 nitrogen and oxygen atoms in total. The number of hydrogen-bond acceptors (Lipinski definition) is 4. The third-order valence-corrected chi connectivity index (χ3v) is 4.84. The van der Waals surface area contributed by atoms with Gasteiger partial charge in [-0.1, -0.05) is 13.8 Å². The van der Waals surface area contributed by atoms with E-state index >= 15 is 0 Å². The van der Waals surface area contributed by atoms with Crippen molar-refractivity contribution in [1.29, 1.82) is 0 Å². The largest absolute Gasteiger partial charge is 0.497 e. The number of benzene rings is 1. The fraction of sp³-hybridized carbons (Fsp3) is 0.500. The van der Waals surface area contributed by atoms with Gasteiger partial charge in [0.25, 0.3) is 0 Å². The Balaban J connectivity index is 1.87. The van der Waals surface area contributed by atoms with E-state index in [-0.39, 0.29) is 18.4 Å². The molecule has 0 radical (unpaired) electrons. The van der Waals surface area contributed by atoms with Gasteiger partial charge in [-0.3, -0.25) is 14.3 Å². The highest BCUT2D eigenvalue weighted by Gasteiger charge is 2.17. The molecule has 2 rings (SSSR count). The summed E-state index contributed by atoms with van der Waals surface area (Å²) in [6, 6.07) is 7.07. The Morgan fingerprint density at radius 2 is 1.86 bits per heavy atom. The Hall–Kier alpha value is -2.83. The van der Waals surface area contributed by atoms with Crippen molar-refractivity contribution in [3.8, 4) is 5.75 Å². The first kappa shape index (κ1) is 22.5. The van der Waals surface area contributed by atoms with E-state index in [1.54, 1.807) is 38.4 Å². The summed E-state index contributed by atoms with van der Waals surface area (Å²) in [6.45, 7) is 9.22. The number of nitrogens with one attached hydrogen (secondary N) is 1. The Morgan fingerprint density at radius 3 is 2.45 bits per heavy atom. The molecule has 0 fully saturated rings. The maximum Gasteiger partial charge on any atom is 0.243 e. The summed E-state index contributed by atoms with van der Waals surface area (Å²) in [6.07, 6.45) is 0.973. The van der Waals surface area contributed by atoms with Gasteiger partial charge >= 0.3 is 0 Å². The second-order valence-corrected chi connectivity index (χ2v) is 7.75. The molecule has 0 aliphatic heterocycles. The number of likely N-dealkylation sites (N-methyl/N-ethyl adjacent to an activating group) is 1. The average molecular weight is 401 g/mol. The number of ether oxygens (including phenoxy) is 1. The minimum absolute atomic E-state index is 0.00936. The molecule has 1 aromatic heterocycles. The van der Waals surface area contributed by atoms with Gasteiger partial charge in [-0.05, 0) is 56.0 Å². The lowest BCUT2D eigenvalue weighted by atomic mass is 10.1. The number of rotatable bonds is 9. The molecule has 0 spiro atoms. The van der Waals surface area contributed by atoms with E-state index < -0.39 is 0 Å². The first-order valence-electron chi connectivity index (χ1n) is 9.92. The topological polar surface area (TPSA) is 76.5 Å². The Morgan fingerprint density at radius 1 is 1.21 bits per heavy atom. The fourth-order valence-corrected chi connectivity index (χ4v) is 3.22. The average Bonchev–Trinajstić information content (AvgIpc) is 2.92. The molecule has 0 saturated heterocycles. The van der Waals surface area contributed by atoms with Crippen LogP contribution in [0.15, 0.2) is 24.3 Å². The number of anilines is 1. The number of aromatic nitrogens is 2. The van der Waals surface area contributed by atoms with Crippen molar-refractivity contribution in [2.75, 3.05) is 26.0 Å². The van der Waals surface area contributed by atoms with Gasteiger partial charge in [0.05, 0.1) is 19.3 Å². The van der Waals surface area contributed by atoms with E-state index in [9.17, 15) is 9.59 Å². The molecule has 0 unspecified atom stereocenters. The van der Waals surface area contributed by atoms with Crippen LogP contribution in [0.5, 0.6) is 5.75 Å². The number of carbonyl (C=O) groups excluding carboxylic acids is 2. The predicted octanol–water partition coefficient (Wildman–Crippen LogP) is 3.19. The number of carbonyl (C=O) groups is 2. The smallest absolute Gasteiger partial charge is 0.243 e. The summed E-state index contributed by atoms with van der Waals surface area (Å²) in [5.74, 6) is 0.934. The van der Waals surface area contributed by atoms with Crippen LogP contribution in [-0.4, -0.2) is 47.2 Å². The van der Waals surface area contributed by atoms with Crippen molar-refractivity contribution < 1.29 is 14.3 Å². The maximum absolute atomic E-state index is 12.5.